The van der Waals surface area contributed by atoms with Crippen LogP contribution in [0, 0.1) is 5.92 Å². The van der Waals surface area contributed by atoms with E-state index < -0.39 is 0 Å². The molecule has 7 heteroatoms. The zero-order valence-electron chi connectivity index (χ0n) is 15.7. The number of amides is 2. The van der Waals surface area contributed by atoms with Crippen LogP contribution in [0.4, 0.5) is 5.69 Å². The summed E-state index contributed by atoms with van der Waals surface area (Å²) in [6.07, 6.45) is 0. The molecule has 26 heavy (non-hydrogen) atoms. The van der Waals surface area contributed by atoms with Crippen LogP contribution in [0.3, 0.4) is 0 Å². The third kappa shape index (κ3) is 4.34. The molecule has 0 radical (unpaired) electrons. The highest BCUT2D eigenvalue weighted by Crippen LogP contribution is 2.28. The normalized spacial score (nSPS) is 19.5. The Bertz CT molecular complexity index is 669. The van der Waals surface area contributed by atoms with Crippen molar-refractivity contribution in [2.75, 3.05) is 51.7 Å². The molecule has 0 aliphatic carbocycles. The number of rotatable bonds is 5. The third-order valence-corrected chi connectivity index (χ3v) is 5.12. The van der Waals surface area contributed by atoms with E-state index >= 15 is 0 Å². The van der Waals surface area contributed by atoms with Gasteiger partial charge in [0.2, 0.25) is 0 Å². The van der Waals surface area contributed by atoms with Crippen molar-refractivity contribution < 1.29 is 14.3 Å². The lowest BCUT2D eigenvalue weighted by atomic mass is 10.0. The van der Waals surface area contributed by atoms with Crippen molar-refractivity contribution in [2.24, 2.45) is 5.92 Å². The van der Waals surface area contributed by atoms with E-state index in [1.54, 1.807) is 18.2 Å². The summed E-state index contributed by atoms with van der Waals surface area (Å²) in [5, 5.41) is 5.80. The molecule has 0 saturated carbocycles. The second-order valence-corrected chi connectivity index (χ2v) is 7.41. The van der Waals surface area contributed by atoms with Crippen LogP contribution in [0.2, 0.25) is 0 Å². The summed E-state index contributed by atoms with van der Waals surface area (Å²) in [7, 11) is 2.14. The number of hydrogen-bond donors (Lipinski definition) is 2. The Hall–Kier alpha value is -2.12. The summed E-state index contributed by atoms with van der Waals surface area (Å²) in [6, 6.07) is 5.43. The molecule has 2 amide bonds. The fourth-order valence-electron chi connectivity index (χ4n) is 3.46. The van der Waals surface area contributed by atoms with Crippen LogP contribution < -0.4 is 15.4 Å². The minimum absolute atomic E-state index is 0.0170. The molecule has 3 rings (SSSR count). The smallest absolute Gasteiger partial charge is 0.262 e. The van der Waals surface area contributed by atoms with E-state index in [-0.39, 0.29) is 18.4 Å². The molecule has 0 spiro atoms. The van der Waals surface area contributed by atoms with Crippen molar-refractivity contribution in [3.63, 3.8) is 0 Å². The maximum absolute atomic E-state index is 12.6. The highest BCUT2D eigenvalue weighted by atomic mass is 16.5. The Morgan fingerprint density at radius 2 is 2.00 bits per heavy atom. The number of hydrogen-bond acceptors (Lipinski definition) is 5. The summed E-state index contributed by atoms with van der Waals surface area (Å²) in [6.45, 7) is 9.18. The topological polar surface area (TPSA) is 73.9 Å². The van der Waals surface area contributed by atoms with Gasteiger partial charge in [-0.1, -0.05) is 13.8 Å². The van der Waals surface area contributed by atoms with Crippen LogP contribution >= 0.6 is 0 Å². The summed E-state index contributed by atoms with van der Waals surface area (Å²) in [4.78, 5) is 28.7. The number of piperazine rings is 1. The van der Waals surface area contributed by atoms with Crippen molar-refractivity contribution in [1.29, 1.82) is 0 Å². The molecule has 1 unspecified atom stereocenters. The number of benzene rings is 1. The van der Waals surface area contributed by atoms with E-state index in [9.17, 15) is 9.59 Å². The van der Waals surface area contributed by atoms with Crippen LogP contribution in [0.1, 0.15) is 24.2 Å². The van der Waals surface area contributed by atoms with Gasteiger partial charge in [-0.2, -0.15) is 0 Å². The first-order valence-electron chi connectivity index (χ1n) is 9.21. The molecule has 2 aliphatic heterocycles. The van der Waals surface area contributed by atoms with Gasteiger partial charge in [-0.05, 0) is 31.2 Å². The van der Waals surface area contributed by atoms with Crippen molar-refractivity contribution >= 4 is 17.5 Å². The monoisotopic (exact) mass is 360 g/mol. The van der Waals surface area contributed by atoms with Gasteiger partial charge in [-0.3, -0.25) is 14.5 Å². The van der Waals surface area contributed by atoms with Gasteiger partial charge in [-0.25, -0.2) is 0 Å². The van der Waals surface area contributed by atoms with E-state index in [0.29, 0.717) is 35.5 Å². The standard InChI is InChI=1S/C19H28N4O3/c1-13(2)16(23-8-6-22(3)7-9-23)11-20-19(25)14-4-5-15-17(10-14)26-12-18(24)21-15/h4-5,10,13,16H,6-9,11-12H2,1-3H3,(H,20,25)(H,21,24). The molecule has 1 fully saturated rings. The molecule has 1 aromatic rings. The number of carbonyl (C=O) groups excluding carboxylic acids is 2. The zero-order valence-corrected chi connectivity index (χ0v) is 15.7. The van der Waals surface area contributed by atoms with E-state index in [0.717, 1.165) is 26.2 Å². The highest BCUT2D eigenvalue weighted by Gasteiger charge is 2.25. The average molecular weight is 360 g/mol. The van der Waals surface area contributed by atoms with Crippen LogP contribution in [0.25, 0.3) is 0 Å². The largest absolute Gasteiger partial charge is 0.482 e. The van der Waals surface area contributed by atoms with E-state index in [4.69, 9.17) is 4.74 Å². The fourth-order valence-corrected chi connectivity index (χ4v) is 3.46. The Balaban J connectivity index is 1.61. The fraction of sp³-hybridized carbons (Fsp3) is 0.579. The molecule has 7 nitrogen and oxygen atoms in total. The molecule has 2 N–H and O–H groups in total. The summed E-state index contributed by atoms with van der Waals surface area (Å²) >= 11 is 0. The van der Waals surface area contributed by atoms with E-state index in [2.05, 4.69) is 41.3 Å². The maximum Gasteiger partial charge on any atom is 0.262 e. The van der Waals surface area contributed by atoms with Gasteiger partial charge in [0, 0.05) is 44.3 Å². The van der Waals surface area contributed by atoms with E-state index in [1.807, 2.05) is 0 Å². The van der Waals surface area contributed by atoms with Crippen molar-refractivity contribution in [2.45, 2.75) is 19.9 Å². The predicted octanol–water partition coefficient (Wildman–Crippen LogP) is 1.02. The van der Waals surface area contributed by atoms with Crippen molar-refractivity contribution in [3.05, 3.63) is 23.8 Å². The summed E-state index contributed by atoms with van der Waals surface area (Å²) in [5.74, 6) is 0.701. The lowest BCUT2D eigenvalue weighted by Gasteiger charge is -2.39. The molecule has 2 heterocycles. The Labute approximate surface area is 154 Å². The van der Waals surface area contributed by atoms with Crippen molar-refractivity contribution in [1.82, 2.24) is 15.1 Å². The highest BCUT2D eigenvalue weighted by molar-refractivity contribution is 5.98. The second kappa shape index (κ2) is 8.05. The molecule has 2 aliphatic rings. The molecule has 1 aromatic carbocycles. The molecule has 0 bridgehead atoms. The third-order valence-electron chi connectivity index (χ3n) is 5.12. The summed E-state index contributed by atoms with van der Waals surface area (Å²) in [5.41, 5.74) is 1.15. The number of fused-ring (bicyclic) bond motifs is 1. The molecule has 0 aromatic heterocycles. The lowest BCUT2D eigenvalue weighted by Crippen LogP contribution is -2.54. The van der Waals surface area contributed by atoms with Gasteiger partial charge in [-0.15, -0.1) is 0 Å². The molecular formula is C19H28N4O3. The van der Waals surface area contributed by atoms with E-state index in [1.165, 1.54) is 0 Å². The Morgan fingerprint density at radius 1 is 1.27 bits per heavy atom. The number of likely N-dealkylation sites (N-methyl/N-ethyl adjacent to an activating group) is 1. The predicted molar refractivity (Wildman–Crippen MR) is 101 cm³/mol. The van der Waals surface area contributed by atoms with Crippen LogP contribution in [0.5, 0.6) is 5.75 Å². The van der Waals surface area contributed by atoms with Gasteiger partial charge in [0.15, 0.2) is 6.61 Å². The number of anilines is 1. The molecule has 1 saturated heterocycles. The van der Waals surface area contributed by atoms with Gasteiger partial charge in [0.05, 0.1) is 5.69 Å². The lowest BCUT2D eigenvalue weighted by molar-refractivity contribution is -0.118. The Kier molecular flexibility index (Phi) is 5.78. The first kappa shape index (κ1) is 18.7. The number of carbonyl (C=O) groups is 2. The number of nitrogens with zero attached hydrogens (tertiary/aromatic N) is 2. The maximum atomic E-state index is 12.6. The number of nitrogens with one attached hydrogen (secondary N) is 2. The number of ether oxygens (including phenoxy) is 1. The van der Waals surface area contributed by atoms with Gasteiger partial charge in [0.25, 0.3) is 11.8 Å². The SMILES string of the molecule is CC(C)C(CNC(=O)c1ccc2c(c1)OCC(=O)N2)N1CCN(C)CC1. The van der Waals surface area contributed by atoms with Crippen LogP contribution in [0.15, 0.2) is 18.2 Å². The molecular weight excluding hydrogens is 332 g/mol. The second-order valence-electron chi connectivity index (χ2n) is 7.41. The molecule has 1 atom stereocenters. The average Bonchev–Trinajstić information content (AvgIpc) is 2.62. The first-order valence-corrected chi connectivity index (χ1v) is 9.21. The van der Waals surface area contributed by atoms with Gasteiger partial charge in [0.1, 0.15) is 5.75 Å². The summed E-state index contributed by atoms with van der Waals surface area (Å²) < 4.78 is 5.39. The Morgan fingerprint density at radius 3 is 2.69 bits per heavy atom. The first-order chi connectivity index (χ1) is 12.4. The van der Waals surface area contributed by atoms with Crippen LogP contribution in [-0.4, -0.2) is 74.0 Å². The quantitative estimate of drug-likeness (QED) is 0.820. The minimum atomic E-state index is -0.179. The van der Waals surface area contributed by atoms with Gasteiger partial charge >= 0.3 is 0 Å². The van der Waals surface area contributed by atoms with Gasteiger partial charge < -0.3 is 20.3 Å². The van der Waals surface area contributed by atoms with Crippen LogP contribution in [-0.2, 0) is 4.79 Å². The zero-order chi connectivity index (χ0) is 18.7. The minimum Gasteiger partial charge on any atom is -0.482 e. The van der Waals surface area contributed by atoms with Crippen molar-refractivity contribution in [3.8, 4) is 5.75 Å². The molecule has 142 valence electrons.